The Kier molecular flexibility index (Phi) is 3.20. The van der Waals surface area contributed by atoms with Gasteiger partial charge in [-0.3, -0.25) is 15.2 Å². The molecule has 4 N–H and O–H groups in total. The quantitative estimate of drug-likeness (QED) is 0.418. The van der Waals surface area contributed by atoms with E-state index < -0.39 is 0 Å². The molecule has 0 saturated carbocycles. The van der Waals surface area contributed by atoms with Crippen LogP contribution in [0.3, 0.4) is 0 Å². The summed E-state index contributed by atoms with van der Waals surface area (Å²) in [5.41, 5.74) is 5.53. The first kappa shape index (κ1) is 11.3. The maximum Gasteiger partial charge on any atom is 0.251 e. The molecule has 0 amide bonds. The average molecular weight is 247 g/mol. The third-order valence-electron chi connectivity index (χ3n) is 1.87. The normalized spacial score (nSPS) is 10.1. The SMILES string of the molecule is N=C(N)c1cc(Sc2nccc(=O)[nH]2)ccn1. The standard InChI is InChI=1S/C10H9N5OS/c11-9(12)7-5-6(1-3-13-7)17-10-14-4-2-8(16)15-10/h1-5H,(H3,11,12)(H,14,15,16). The zero-order valence-electron chi connectivity index (χ0n) is 8.68. The molecule has 0 fully saturated rings. The molecule has 0 bridgehead atoms. The summed E-state index contributed by atoms with van der Waals surface area (Å²) in [7, 11) is 0. The molecule has 2 aromatic rings. The highest BCUT2D eigenvalue weighted by Gasteiger charge is 2.03. The van der Waals surface area contributed by atoms with Crippen LogP contribution >= 0.6 is 11.8 Å². The minimum Gasteiger partial charge on any atom is -0.382 e. The number of hydrogen-bond acceptors (Lipinski definition) is 5. The first-order valence-corrected chi connectivity index (χ1v) is 5.50. The van der Waals surface area contributed by atoms with Crippen LogP contribution in [0.2, 0.25) is 0 Å². The third-order valence-corrected chi connectivity index (χ3v) is 2.76. The van der Waals surface area contributed by atoms with E-state index in [0.717, 1.165) is 4.90 Å². The summed E-state index contributed by atoms with van der Waals surface area (Å²) in [5, 5.41) is 7.76. The lowest BCUT2D eigenvalue weighted by Gasteiger charge is -2.02. The molecule has 17 heavy (non-hydrogen) atoms. The first-order chi connectivity index (χ1) is 8.15. The largest absolute Gasteiger partial charge is 0.382 e. The lowest BCUT2D eigenvalue weighted by atomic mass is 10.3. The van der Waals surface area contributed by atoms with Gasteiger partial charge in [-0.15, -0.1) is 0 Å². The highest BCUT2D eigenvalue weighted by Crippen LogP contribution is 2.23. The van der Waals surface area contributed by atoms with Crippen molar-refractivity contribution in [1.82, 2.24) is 15.0 Å². The van der Waals surface area contributed by atoms with Crippen molar-refractivity contribution in [2.75, 3.05) is 0 Å². The van der Waals surface area contributed by atoms with E-state index in [0.29, 0.717) is 10.9 Å². The number of nitrogens with two attached hydrogens (primary N) is 1. The van der Waals surface area contributed by atoms with Crippen LogP contribution < -0.4 is 11.3 Å². The molecule has 0 spiro atoms. The van der Waals surface area contributed by atoms with Crippen molar-refractivity contribution in [1.29, 1.82) is 5.41 Å². The topological polar surface area (TPSA) is 109 Å². The van der Waals surface area contributed by atoms with Crippen LogP contribution in [0.1, 0.15) is 5.69 Å². The van der Waals surface area contributed by atoms with Crippen LogP contribution in [0.4, 0.5) is 0 Å². The van der Waals surface area contributed by atoms with Gasteiger partial charge in [0.15, 0.2) is 5.16 Å². The van der Waals surface area contributed by atoms with Gasteiger partial charge in [0, 0.05) is 23.4 Å². The number of H-pyrrole nitrogens is 1. The molecule has 7 heteroatoms. The van der Waals surface area contributed by atoms with Gasteiger partial charge in [0.2, 0.25) is 0 Å². The molecule has 2 rings (SSSR count). The van der Waals surface area contributed by atoms with Crippen molar-refractivity contribution in [3.63, 3.8) is 0 Å². The molecule has 0 saturated heterocycles. The van der Waals surface area contributed by atoms with E-state index in [1.165, 1.54) is 24.0 Å². The molecule has 0 aliphatic rings. The number of aromatic amines is 1. The fourth-order valence-electron chi connectivity index (χ4n) is 1.14. The lowest BCUT2D eigenvalue weighted by molar-refractivity contribution is 0.936. The minimum atomic E-state index is -0.205. The highest BCUT2D eigenvalue weighted by atomic mass is 32.2. The summed E-state index contributed by atoms with van der Waals surface area (Å²) < 4.78 is 0. The van der Waals surface area contributed by atoms with E-state index in [-0.39, 0.29) is 11.4 Å². The molecule has 0 aliphatic carbocycles. The number of amidine groups is 1. The summed E-state index contributed by atoms with van der Waals surface area (Å²) in [6, 6.07) is 4.77. The number of nitrogens with one attached hydrogen (secondary N) is 2. The van der Waals surface area contributed by atoms with Gasteiger partial charge in [-0.05, 0) is 12.1 Å². The Morgan fingerprint density at radius 2 is 2.12 bits per heavy atom. The number of nitrogens with zero attached hydrogens (tertiary/aromatic N) is 2. The smallest absolute Gasteiger partial charge is 0.251 e. The Balaban J connectivity index is 2.27. The summed E-state index contributed by atoms with van der Waals surface area (Å²) in [4.78, 5) is 22.4. The molecular formula is C10H9N5OS. The van der Waals surface area contributed by atoms with Crippen molar-refractivity contribution in [3.8, 4) is 0 Å². The van der Waals surface area contributed by atoms with Gasteiger partial charge in [0.25, 0.3) is 5.56 Å². The molecule has 2 heterocycles. The van der Waals surface area contributed by atoms with Crippen LogP contribution in [0.5, 0.6) is 0 Å². The maximum absolute atomic E-state index is 11.1. The number of hydrogen-bond donors (Lipinski definition) is 3. The molecule has 0 aromatic carbocycles. The van der Waals surface area contributed by atoms with Crippen molar-refractivity contribution < 1.29 is 0 Å². The van der Waals surface area contributed by atoms with E-state index in [9.17, 15) is 4.79 Å². The zero-order chi connectivity index (χ0) is 12.3. The van der Waals surface area contributed by atoms with E-state index in [4.69, 9.17) is 11.1 Å². The molecule has 2 aromatic heterocycles. The minimum absolute atomic E-state index is 0.0954. The predicted octanol–water partition coefficient (Wildman–Crippen LogP) is 0.600. The second kappa shape index (κ2) is 4.79. The maximum atomic E-state index is 11.1. The Morgan fingerprint density at radius 1 is 1.35 bits per heavy atom. The fourth-order valence-corrected chi connectivity index (χ4v) is 1.93. The third kappa shape index (κ3) is 2.91. The number of rotatable bonds is 3. The first-order valence-electron chi connectivity index (χ1n) is 4.69. The molecule has 0 radical (unpaired) electrons. The van der Waals surface area contributed by atoms with Gasteiger partial charge in [-0.1, -0.05) is 11.8 Å². The second-order valence-corrected chi connectivity index (χ2v) is 4.19. The molecule has 0 aliphatic heterocycles. The summed E-state index contributed by atoms with van der Waals surface area (Å²) in [6.45, 7) is 0. The average Bonchev–Trinajstić information content (AvgIpc) is 2.29. The molecule has 6 nitrogen and oxygen atoms in total. The Bertz CT molecular complexity index is 609. The fraction of sp³-hybridized carbons (Fsp3) is 0. The van der Waals surface area contributed by atoms with Gasteiger partial charge >= 0.3 is 0 Å². The highest BCUT2D eigenvalue weighted by molar-refractivity contribution is 7.99. The van der Waals surface area contributed by atoms with E-state index in [2.05, 4.69) is 15.0 Å². The molecule has 0 unspecified atom stereocenters. The van der Waals surface area contributed by atoms with Crippen molar-refractivity contribution in [3.05, 3.63) is 46.6 Å². The van der Waals surface area contributed by atoms with Gasteiger partial charge in [0.05, 0.1) is 0 Å². The number of aromatic nitrogens is 3. The van der Waals surface area contributed by atoms with Crippen molar-refractivity contribution in [2.24, 2.45) is 5.73 Å². The summed E-state index contributed by atoms with van der Waals surface area (Å²) in [5.74, 6) is -0.0954. The molecule has 0 atom stereocenters. The number of pyridine rings is 1. The van der Waals surface area contributed by atoms with Gasteiger partial charge in [-0.25, -0.2) is 4.98 Å². The van der Waals surface area contributed by atoms with Crippen LogP contribution in [0, 0.1) is 5.41 Å². The predicted molar refractivity (Wildman–Crippen MR) is 64.2 cm³/mol. The lowest BCUT2D eigenvalue weighted by Crippen LogP contribution is -2.12. The van der Waals surface area contributed by atoms with E-state index in [1.54, 1.807) is 18.3 Å². The molecular weight excluding hydrogens is 238 g/mol. The zero-order valence-corrected chi connectivity index (χ0v) is 9.49. The van der Waals surface area contributed by atoms with Gasteiger partial charge in [-0.2, -0.15) is 0 Å². The van der Waals surface area contributed by atoms with Crippen LogP contribution in [-0.2, 0) is 0 Å². The number of nitrogen functional groups attached to an aromatic ring is 1. The van der Waals surface area contributed by atoms with Crippen LogP contribution in [0.15, 0.2) is 45.4 Å². The van der Waals surface area contributed by atoms with Crippen molar-refractivity contribution in [2.45, 2.75) is 10.1 Å². The van der Waals surface area contributed by atoms with E-state index >= 15 is 0 Å². The Hall–Kier alpha value is -2.15. The van der Waals surface area contributed by atoms with Crippen molar-refractivity contribution >= 4 is 17.6 Å². The van der Waals surface area contributed by atoms with Crippen LogP contribution in [-0.4, -0.2) is 20.8 Å². The Morgan fingerprint density at radius 3 is 2.82 bits per heavy atom. The van der Waals surface area contributed by atoms with Crippen LogP contribution in [0.25, 0.3) is 0 Å². The van der Waals surface area contributed by atoms with Gasteiger partial charge < -0.3 is 10.7 Å². The Labute approximate surface area is 101 Å². The summed E-state index contributed by atoms with van der Waals surface area (Å²) >= 11 is 1.27. The summed E-state index contributed by atoms with van der Waals surface area (Å²) in [6.07, 6.45) is 2.99. The molecule has 86 valence electrons. The monoisotopic (exact) mass is 247 g/mol. The van der Waals surface area contributed by atoms with Gasteiger partial charge in [0.1, 0.15) is 11.5 Å². The van der Waals surface area contributed by atoms with E-state index in [1.807, 2.05) is 0 Å². The second-order valence-electron chi connectivity index (χ2n) is 3.13.